The van der Waals surface area contributed by atoms with Crippen LogP contribution in [0.15, 0.2) is 60.9 Å². The number of nitrogens with zero attached hydrogens (tertiary/aromatic N) is 5. The maximum atomic E-state index is 13.2. The molecule has 0 radical (unpaired) electrons. The van der Waals surface area contributed by atoms with Crippen LogP contribution in [0, 0.1) is 6.92 Å². The van der Waals surface area contributed by atoms with Gasteiger partial charge in [0.25, 0.3) is 6.71 Å². The molecule has 8 rings (SSSR count). The van der Waals surface area contributed by atoms with Crippen molar-refractivity contribution in [2.45, 2.75) is 32.4 Å². The minimum atomic E-state index is -4.45. The van der Waals surface area contributed by atoms with E-state index in [4.69, 9.17) is 19.4 Å². The molecule has 0 saturated heterocycles. The molecule has 11 heteroatoms. The first-order valence-corrected chi connectivity index (χ1v) is 13.0. The van der Waals surface area contributed by atoms with Gasteiger partial charge in [-0.2, -0.15) is 28.1 Å². The molecule has 6 heterocycles. The van der Waals surface area contributed by atoms with E-state index in [1.807, 2.05) is 37.4 Å². The second-order valence-corrected chi connectivity index (χ2v) is 11.0. The van der Waals surface area contributed by atoms with Crippen molar-refractivity contribution in [3.63, 3.8) is 0 Å². The number of benzene rings is 2. The first-order chi connectivity index (χ1) is 19.6. The Hall–Kier alpha value is -4.80. The number of hydrogen-bond acceptors (Lipinski definition) is 7. The highest BCUT2D eigenvalue weighted by molar-refractivity contribution is 6.99. The number of hydrogen-bond donors (Lipinski definition) is 0. The highest BCUT2D eigenvalue weighted by Crippen LogP contribution is 2.42. The van der Waals surface area contributed by atoms with E-state index in [0.717, 1.165) is 45.4 Å². The fraction of sp³-hybridized carbons (Fsp3) is 0.167. The minimum absolute atomic E-state index is 0.174. The van der Waals surface area contributed by atoms with E-state index in [1.165, 1.54) is 12.1 Å². The molecular weight excluding hydrogens is 530 g/mol. The number of aryl methyl sites for hydroxylation is 1. The molecule has 0 amide bonds. The summed E-state index contributed by atoms with van der Waals surface area (Å²) in [6, 6.07) is 12.6. The predicted octanol–water partition coefficient (Wildman–Crippen LogP) is 4.69. The SMILES string of the molecule is Cc1ccc(-c2nc3c4c(n2)C(C)(C)c2cncc5c2B4c2c(nc(-c4ccc(C(F)(F)F)cc4)nc2O3)O5)cc1. The third-order valence-corrected chi connectivity index (χ3v) is 8.05. The molecule has 200 valence electrons. The summed E-state index contributed by atoms with van der Waals surface area (Å²) in [6.45, 7) is 5.86. The second kappa shape index (κ2) is 7.90. The quantitative estimate of drug-likeness (QED) is 0.290. The van der Waals surface area contributed by atoms with Crippen molar-refractivity contribution in [2.24, 2.45) is 0 Å². The Kier molecular flexibility index (Phi) is 4.63. The Bertz CT molecular complexity index is 1930. The van der Waals surface area contributed by atoms with Crippen LogP contribution in [-0.4, -0.2) is 31.6 Å². The molecule has 2 aromatic carbocycles. The van der Waals surface area contributed by atoms with Crippen LogP contribution in [0.3, 0.4) is 0 Å². The van der Waals surface area contributed by atoms with Crippen LogP contribution < -0.4 is 25.9 Å². The van der Waals surface area contributed by atoms with Gasteiger partial charge in [-0.3, -0.25) is 4.98 Å². The summed E-state index contributed by atoms with van der Waals surface area (Å²) in [4.78, 5) is 23.7. The molecule has 3 aromatic heterocycles. The molecular formula is C30H19BF3N5O2. The van der Waals surface area contributed by atoms with Gasteiger partial charge in [0.1, 0.15) is 5.75 Å². The number of alkyl halides is 3. The second-order valence-electron chi connectivity index (χ2n) is 11.0. The van der Waals surface area contributed by atoms with Crippen LogP contribution in [0.4, 0.5) is 13.2 Å². The lowest BCUT2D eigenvalue weighted by Gasteiger charge is -2.41. The Balaban J connectivity index is 1.36. The molecule has 0 unspecified atom stereocenters. The van der Waals surface area contributed by atoms with E-state index in [0.29, 0.717) is 28.5 Å². The fourth-order valence-corrected chi connectivity index (χ4v) is 5.95. The normalized spacial score (nSPS) is 15.1. The van der Waals surface area contributed by atoms with E-state index in [-0.39, 0.29) is 24.3 Å². The van der Waals surface area contributed by atoms with Gasteiger partial charge in [-0.1, -0.05) is 55.8 Å². The molecule has 7 nitrogen and oxygen atoms in total. The van der Waals surface area contributed by atoms with Crippen molar-refractivity contribution >= 4 is 23.1 Å². The zero-order valence-corrected chi connectivity index (χ0v) is 22.0. The van der Waals surface area contributed by atoms with Crippen LogP contribution in [0.25, 0.3) is 22.8 Å². The third-order valence-electron chi connectivity index (χ3n) is 8.05. The number of halogens is 3. The van der Waals surface area contributed by atoms with Crippen molar-refractivity contribution in [3.8, 4) is 46.2 Å². The average molecular weight is 549 g/mol. The van der Waals surface area contributed by atoms with Gasteiger partial charge in [0.2, 0.25) is 17.6 Å². The summed E-state index contributed by atoms with van der Waals surface area (Å²) in [5.41, 5.74) is 5.25. The lowest BCUT2D eigenvalue weighted by Crippen LogP contribution is -2.65. The van der Waals surface area contributed by atoms with Crippen LogP contribution in [0.2, 0.25) is 0 Å². The highest BCUT2D eigenvalue weighted by Gasteiger charge is 2.52. The van der Waals surface area contributed by atoms with Crippen LogP contribution in [0.5, 0.6) is 23.4 Å². The number of pyridine rings is 1. The predicted molar refractivity (Wildman–Crippen MR) is 146 cm³/mol. The van der Waals surface area contributed by atoms with E-state index in [9.17, 15) is 13.2 Å². The van der Waals surface area contributed by atoms with Gasteiger partial charge in [-0.15, -0.1) is 0 Å². The van der Waals surface area contributed by atoms with Gasteiger partial charge in [-0.25, -0.2) is 4.98 Å². The molecule has 0 bridgehead atoms. The summed E-state index contributed by atoms with van der Waals surface area (Å²) < 4.78 is 52.2. The topological polar surface area (TPSA) is 82.9 Å². The largest absolute Gasteiger partial charge is 0.438 e. The molecule has 0 aliphatic carbocycles. The molecule has 41 heavy (non-hydrogen) atoms. The number of aromatic nitrogens is 5. The van der Waals surface area contributed by atoms with Crippen molar-refractivity contribution in [1.29, 1.82) is 0 Å². The standard InChI is InChI=1S/C30H19BF3N5O2/c1-14-4-6-15(7-5-14)24-36-23-21-26(37-24)41-28-22-27(38-25(39-28)16-8-10-17(11-9-16)30(32,33)34)40-19-13-35-12-18(29(23,2)3)20(19)31(21)22/h4-13H,1-3H3. The van der Waals surface area contributed by atoms with E-state index >= 15 is 0 Å². The molecule has 0 spiro atoms. The lowest BCUT2D eigenvalue weighted by molar-refractivity contribution is -0.137. The summed E-state index contributed by atoms with van der Waals surface area (Å²) >= 11 is 0. The Labute approximate surface area is 232 Å². The van der Waals surface area contributed by atoms with Gasteiger partial charge in [0, 0.05) is 28.2 Å². The van der Waals surface area contributed by atoms with E-state index in [1.54, 1.807) is 6.20 Å². The Morgan fingerprint density at radius 3 is 1.95 bits per heavy atom. The zero-order chi connectivity index (χ0) is 28.3. The smallest absolute Gasteiger partial charge is 0.416 e. The summed E-state index contributed by atoms with van der Waals surface area (Å²) in [5, 5.41) is 0. The monoisotopic (exact) mass is 549 g/mol. The summed E-state index contributed by atoms with van der Waals surface area (Å²) in [5.74, 6) is 2.14. The van der Waals surface area contributed by atoms with Gasteiger partial charge < -0.3 is 9.47 Å². The minimum Gasteiger partial charge on any atom is -0.438 e. The van der Waals surface area contributed by atoms with E-state index < -0.39 is 17.2 Å². The maximum Gasteiger partial charge on any atom is 0.416 e. The van der Waals surface area contributed by atoms with Gasteiger partial charge in [0.05, 0.1) is 22.9 Å². The van der Waals surface area contributed by atoms with Gasteiger partial charge in [0.15, 0.2) is 11.6 Å². The molecule has 3 aliphatic heterocycles. The maximum absolute atomic E-state index is 13.2. The van der Waals surface area contributed by atoms with Crippen molar-refractivity contribution < 1.29 is 22.6 Å². The molecule has 5 aromatic rings. The molecule has 0 atom stereocenters. The average Bonchev–Trinajstić information content (AvgIpc) is 2.95. The zero-order valence-electron chi connectivity index (χ0n) is 22.0. The van der Waals surface area contributed by atoms with Gasteiger partial charge in [-0.05, 0) is 30.1 Å². The molecule has 0 saturated carbocycles. The Morgan fingerprint density at radius 1 is 0.707 bits per heavy atom. The molecule has 0 N–H and O–H groups in total. The van der Waals surface area contributed by atoms with Crippen LogP contribution in [0.1, 0.15) is 36.2 Å². The van der Waals surface area contributed by atoms with Crippen molar-refractivity contribution in [1.82, 2.24) is 24.9 Å². The van der Waals surface area contributed by atoms with E-state index in [2.05, 4.69) is 28.8 Å². The van der Waals surface area contributed by atoms with Crippen LogP contribution in [-0.2, 0) is 11.6 Å². The summed E-state index contributed by atoms with van der Waals surface area (Å²) in [6.07, 6.45) is -0.956. The number of ether oxygens (including phenoxy) is 2. The van der Waals surface area contributed by atoms with Crippen LogP contribution >= 0.6 is 0 Å². The van der Waals surface area contributed by atoms with Gasteiger partial charge >= 0.3 is 6.18 Å². The van der Waals surface area contributed by atoms with Crippen molar-refractivity contribution in [3.05, 3.63) is 83.3 Å². The molecule has 0 fully saturated rings. The lowest BCUT2D eigenvalue weighted by atomic mass is 9.31. The first-order valence-electron chi connectivity index (χ1n) is 13.0. The molecule has 3 aliphatic rings. The third kappa shape index (κ3) is 3.38. The summed E-state index contributed by atoms with van der Waals surface area (Å²) in [7, 11) is 0. The fourth-order valence-electron chi connectivity index (χ4n) is 5.95. The Morgan fingerprint density at radius 2 is 1.29 bits per heavy atom. The number of rotatable bonds is 2. The highest BCUT2D eigenvalue weighted by atomic mass is 19.4. The van der Waals surface area contributed by atoms with Crippen molar-refractivity contribution in [2.75, 3.05) is 0 Å². The first kappa shape index (κ1) is 24.0.